The molecule has 0 bridgehead atoms. The summed E-state index contributed by atoms with van der Waals surface area (Å²) in [4.78, 5) is 12.2. The van der Waals surface area contributed by atoms with E-state index >= 15 is 0 Å². The summed E-state index contributed by atoms with van der Waals surface area (Å²) in [6.07, 6.45) is 0. The van der Waals surface area contributed by atoms with Gasteiger partial charge < -0.3 is 10.3 Å². The van der Waals surface area contributed by atoms with E-state index in [9.17, 15) is 10.1 Å². The molecular formula is C9H14N4O2. The van der Waals surface area contributed by atoms with Gasteiger partial charge in [-0.05, 0) is 25.7 Å². The van der Waals surface area contributed by atoms with Gasteiger partial charge >= 0.3 is 0 Å². The van der Waals surface area contributed by atoms with Crippen LogP contribution >= 0.6 is 0 Å². The SMILES string of the molecule is CN(C)Cc1ccc(NN)c([N+](=O)[O-])c1. The first kappa shape index (κ1) is 11.4. The van der Waals surface area contributed by atoms with Crippen molar-refractivity contribution in [3.05, 3.63) is 33.9 Å². The number of hydrogen-bond acceptors (Lipinski definition) is 5. The molecule has 0 heterocycles. The van der Waals surface area contributed by atoms with Crippen LogP contribution in [-0.4, -0.2) is 23.9 Å². The number of rotatable bonds is 4. The van der Waals surface area contributed by atoms with Gasteiger partial charge in [0.15, 0.2) is 0 Å². The van der Waals surface area contributed by atoms with Gasteiger partial charge in [0.1, 0.15) is 5.69 Å². The van der Waals surface area contributed by atoms with Crippen molar-refractivity contribution >= 4 is 11.4 Å². The van der Waals surface area contributed by atoms with Gasteiger partial charge in [0, 0.05) is 12.6 Å². The Morgan fingerprint density at radius 1 is 1.53 bits per heavy atom. The summed E-state index contributed by atoms with van der Waals surface area (Å²) in [6.45, 7) is 0.658. The van der Waals surface area contributed by atoms with E-state index in [4.69, 9.17) is 5.84 Å². The maximum atomic E-state index is 10.7. The molecule has 6 heteroatoms. The van der Waals surface area contributed by atoms with E-state index in [0.29, 0.717) is 12.2 Å². The van der Waals surface area contributed by atoms with Crippen LogP contribution in [0.3, 0.4) is 0 Å². The second-order valence-electron chi connectivity index (χ2n) is 3.49. The smallest absolute Gasteiger partial charge is 0.293 e. The lowest BCUT2D eigenvalue weighted by Crippen LogP contribution is -2.12. The fourth-order valence-corrected chi connectivity index (χ4v) is 1.31. The summed E-state index contributed by atoms with van der Waals surface area (Å²) in [5.41, 5.74) is 3.50. The molecule has 0 radical (unpaired) electrons. The zero-order valence-electron chi connectivity index (χ0n) is 8.73. The van der Waals surface area contributed by atoms with E-state index in [0.717, 1.165) is 5.56 Å². The first-order valence-electron chi connectivity index (χ1n) is 4.43. The van der Waals surface area contributed by atoms with E-state index in [-0.39, 0.29) is 5.69 Å². The Hall–Kier alpha value is -1.66. The van der Waals surface area contributed by atoms with E-state index in [1.54, 1.807) is 6.07 Å². The van der Waals surface area contributed by atoms with Crippen LogP contribution in [0.1, 0.15) is 5.56 Å². The predicted molar refractivity (Wildman–Crippen MR) is 58.3 cm³/mol. The van der Waals surface area contributed by atoms with Gasteiger partial charge in [0.2, 0.25) is 0 Å². The highest BCUT2D eigenvalue weighted by Crippen LogP contribution is 2.24. The van der Waals surface area contributed by atoms with Crippen molar-refractivity contribution in [2.45, 2.75) is 6.54 Å². The van der Waals surface area contributed by atoms with Crippen molar-refractivity contribution in [1.82, 2.24) is 4.90 Å². The number of nitrogens with one attached hydrogen (secondary N) is 1. The first-order valence-corrected chi connectivity index (χ1v) is 4.43. The summed E-state index contributed by atoms with van der Waals surface area (Å²) >= 11 is 0. The molecule has 0 aliphatic carbocycles. The largest absolute Gasteiger partial charge is 0.318 e. The summed E-state index contributed by atoms with van der Waals surface area (Å²) in [7, 11) is 3.81. The average molecular weight is 210 g/mol. The van der Waals surface area contributed by atoms with Crippen molar-refractivity contribution in [3.63, 3.8) is 0 Å². The lowest BCUT2D eigenvalue weighted by Gasteiger charge is -2.10. The lowest BCUT2D eigenvalue weighted by molar-refractivity contribution is -0.384. The molecule has 0 saturated heterocycles. The quantitative estimate of drug-likeness (QED) is 0.439. The van der Waals surface area contributed by atoms with Crippen LogP contribution in [0.15, 0.2) is 18.2 Å². The Morgan fingerprint density at radius 2 is 2.20 bits per heavy atom. The van der Waals surface area contributed by atoms with Crippen molar-refractivity contribution in [2.75, 3.05) is 19.5 Å². The van der Waals surface area contributed by atoms with Gasteiger partial charge in [-0.25, -0.2) is 0 Å². The highest BCUT2D eigenvalue weighted by atomic mass is 16.6. The summed E-state index contributed by atoms with van der Waals surface area (Å²) in [5, 5.41) is 10.7. The molecule has 6 nitrogen and oxygen atoms in total. The number of nitrogens with two attached hydrogens (primary N) is 1. The number of hydrogen-bond donors (Lipinski definition) is 2. The fraction of sp³-hybridized carbons (Fsp3) is 0.333. The Kier molecular flexibility index (Phi) is 3.59. The third-order valence-electron chi connectivity index (χ3n) is 1.91. The first-order chi connectivity index (χ1) is 7.04. The Morgan fingerprint density at radius 3 is 2.67 bits per heavy atom. The monoisotopic (exact) mass is 210 g/mol. The highest BCUT2D eigenvalue weighted by molar-refractivity contribution is 5.61. The molecule has 1 aromatic carbocycles. The maximum Gasteiger partial charge on any atom is 0.293 e. The molecule has 0 aliphatic heterocycles. The van der Waals surface area contributed by atoms with Crippen molar-refractivity contribution in [3.8, 4) is 0 Å². The van der Waals surface area contributed by atoms with Crippen LogP contribution in [0, 0.1) is 10.1 Å². The second kappa shape index (κ2) is 4.72. The molecule has 1 rings (SSSR count). The molecule has 0 saturated carbocycles. The van der Waals surface area contributed by atoms with Crippen molar-refractivity contribution in [2.24, 2.45) is 5.84 Å². The molecule has 0 atom stereocenters. The molecule has 0 unspecified atom stereocenters. The van der Waals surface area contributed by atoms with Gasteiger partial charge in [0.25, 0.3) is 5.69 Å². The molecule has 0 spiro atoms. The van der Waals surface area contributed by atoms with Crippen molar-refractivity contribution in [1.29, 1.82) is 0 Å². The maximum absolute atomic E-state index is 10.7. The minimum atomic E-state index is -0.450. The van der Waals surface area contributed by atoms with Crippen LogP contribution in [0.4, 0.5) is 11.4 Å². The third-order valence-corrected chi connectivity index (χ3v) is 1.91. The Bertz CT molecular complexity index is 365. The number of nitrogen functional groups attached to an aromatic ring is 1. The van der Waals surface area contributed by atoms with Crippen LogP contribution in [0.5, 0.6) is 0 Å². The normalized spacial score (nSPS) is 10.4. The minimum Gasteiger partial charge on any atom is -0.318 e. The van der Waals surface area contributed by atoms with Crippen molar-refractivity contribution < 1.29 is 4.92 Å². The molecule has 3 N–H and O–H groups in total. The molecule has 15 heavy (non-hydrogen) atoms. The molecule has 1 aromatic rings. The van der Waals surface area contributed by atoms with Gasteiger partial charge in [-0.1, -0.05) is 6.07 Å². The lowest BCUT2D eigenvalue weighted by atomic mass is 10.1. The topological polar surface area (TPSA) is 84.4 Å². The van der Waals surface area contributed by atoms with E-state index in [1.807, 2.05) is 25.1 Å². The Balaban J connectivity index is 3.05. The number of benzene rings is 1. The highest BCUT2D eigenvalue weighted by Gasteiger charge is 2.13. The van der Waals surface area contributed by atoms with Crippen LogP contribution in [0.25, 0.3) is 0 Å². The van der Waals surface area contributed by atoms with E-state index < -0.39 is 4.92 Å². The summed E-state index contributed by atoms with van der Waals surface area (Å²) in [5.74, 6) is 5.17. The number of nitro groups is 1. The molecule has 0 aromatic heterocycles. The zero-order valence-corrected chi connectivity index (χ0v) is 8.73. The summed E-state index contributed by atoms with van der Waals surface area (Å²) < 4.78 is 0. The zero-order chi connectivity index (χ0) is 11.4. The number of nitro benzene ring substituents is 1. The van der Waals surface area contributed by atoms with E-state index in [2.05, 4.69) is 5.43 Å². The summed E-state index contributed by atoms with van der Waals surface area (Å²) in [6, 6.07) is 4.94. The van der Waals surface area contributed by atoms with Gasteiger partial charge in [-0.3, -0.25) is 16.0 Å². The molecule has 0 aliphatic rings. The van der Waals surface area contributed by atoms with Gasteiger partial charge in [0.05, 0.1) is 4.92 Å². The number of anilines is 1. The fourth-order valence-electron chi connectivity index (χ4n) is 1.31. The van der Waals surface area contributed by atoms with Gasteiger partial charge in [-0.2, -0.15) is 0 Å². The number of hydrazine groups is 1. The number of nitrogens with zero attached hydrogens (tertiary/aromatic N) is 2. The van der Waals surface area contributed by atoms with Crippen LogP contribution in [-0.2, 0) is 6.54 Å². The van der Waals surface area contributed by atoms with E-state index in [1.165, 1.54) is 6.07 Å². The minimum absolute atomic E-state index is 0.00292. The van der Waals surface area contributed by atoms with Gasteiger partial charge in [-0.15, -0.1) is 0 Å². The molecule has 0 fully saturated rings. The standard InChI is InChI=1S/C9H14N4O2/c1-12(2)6-7-3-4-8(11-10)9(5-7)13(14)15/h3-5,11H,6,10H2,1-2H3. The molecule has 0 amide bonds. The third kappa shape index (κ3) is 2.90. The molecule has 82 valence electrons. The van der Waals surface area contributed by atoms with Crippen LogP contribution in [0.2, 0.25) is 0 Å². The predicted octanol–water partition coefficient (Wildman–Crippen LogP) is 0.942. The molecular weight excluding hydrogens is 196 g/mol. The van der Waals surface area contributed by atoms with Crippen LogP contribution < -0.4 is 11.3 Å². The average Bonchev–Trinajstić information content (AvgIpc) is 2.16. The second-order valence-corrected chi connectivity index (χ2v) is 3.49. The Labute approximate surface area is 87.8 Å².